The van der Waals surface area contributed by atoms with Gasteiger partial charge in [-0.1, -0.05) is 12.1 Å². The van der Waals surface area contributed by atoms with E-state index in [0.717, 1.165) is 18.7 Å². The number of nitrogens with two attached hydrogens (primary N) is 1. The van der Waals surface area contributed by atoms with Gasteiger partial charge in [0.1, 0.15) is 0 Å². The van der Waals surface area contributed by atoms with Gasteiger partial charge in [-0.2, -0.15) is 0 Å². The van der Waals surface area contributed by atoms with Crippen molar-refractivity contribution in [2.24, 2.45) is 5.73 Å². The summed E-state index contributed by atoms with van der Waals surface area (Å²) in [6.07, 6.45) is 1.56. The van der Waals surface area contributed by atoms with Crippen LogP contribution in [0.5, 0.6) is 0 Å². The number of carbonyl (C=O) groups is 1. The van der Waals surface area contributed by atoms with E-state index in [4.69, 9.17) is 5.73 Å². The summed E-state index contributed by atoms with van der Waals surface area (Å²) in [6.45, 7) is 2.77. The predicted octanol–water partition coefficient (Wildman–Crippen LogP) is 1.93. The number of benzene rings is 1. The van der Waals surface area contributed by atoms with Gasteiger partial charge in [0.05, 0.1) is 0 Å². The second kappa shape index (κ2) is 3.32. The maximum absolute atomic E-state index is 12.0. The number of anilines is 1. The zero-order valence-corrected chi connectivity index (χ0v) is 9.44. The minimum atomic E-state index is 0.115. The molecular weight excluding hydrogens is 200 g/mol. The van der Waals surface area contributed by atoms with Crippen molar-refractivity contribution in [2.45, 2.75) is 31.7 Å². The van der Waals surface area contributed by atoms with Crippen LogP contribution >= 0.6 is 0 Å². The molecule has 1 aromatic rings. The Morgan fingerprint density at radius 1 is 1.50 bits per heavy atom. The highest BCUT2D eigenvalue weighted by Gasteiger charge is 2.38. The van der Waals surface area contributed by atoms with E-state index in [9.17, 15) is 4.79 Å². The van der Waals surface area contributed by atoms with Crippen molar-refractivity contribution in [3.63, 3.8) is 0 Å². The van der Waals surface area contributed by atoms with Crippen LogP contribution in [0.25, 0.3) is 0 Å². The van der Waals surface area contributed by atoms with Crippen LogP contribution in [0.2, 0.25) is 0 Å². The zero-order chi connectivity index (χ0) is 11.3. The molecule has 2 unspecified atom stereocenters. The second-order valence-corrected chi connectivity index (χ2v) is 4.66. The van der Waals surface area contributed by atoms with E-state index < -0.39 is 0 Å². The normalized spacial score (nSPS) is 27.1. The molecule has 0 saturated carbocycles. The third kappa shape index (κ3) is 1.15. The molecule has 0 radical (unpaired) electrons. The Balaban J connectivity index is 2.20. The summed E-state index contributed by atoms with van der Waals surface area (Å²) in [6, 6.07) is 6.28. The molecule has 2 aliphatic rings. The van der Waals surface area contributed by atoms with Crippen LogP contribution in [-0.2, 0) is 4.79 Å². The summed E-state index contributed by atoms with van der Waals surface area (Å²) in [5.74, 6) is 0.600. The van der Waals surface area contributed by atoms with Gasteiger partial charge in [0, 0.05) is 24.7 Å². The Hall–Kier alpha value is -1.35. The largest absolute Gasteiger partial charge is 0.324 e. The van der Waals surface area contributed by atoms with Crippen molar-refractivity contribution < 1.29 is 4.79 Å². The highest BCUT2D eigenvalue weighted by Crippen LogP contribution is 2.48. The van der Waals surface area contributed by atoms with E-state index in [2.05, 4.69) is 6.07 Å². The summed E-state index contributed by atoms with van der Waals surface area (Å²) in [5.41, 5.74) is 9.78. The predicted molar refractivity (Wildman–Crippen MR) is 63.4 cm³/mol. The van der Waals surface area contributed by atoms with Gasteiger partial charge in [0.2, 0.25) is 5.91 Å². The van der Waals surface area contributed by atoms with Crippen LogP contribution in [0.4, 0.5) is 5.69 Å². The molecule has 2 N–H and O–H groups in total. The van der Waals surface area contributed by atoms with Crippen LogP contribution in [0.3, 0.4) is 0 Å². The van der Waals surface area contributed by atoms with Gasteiger partial charge in [0.25, 0.3) is 0 Å². The van der Waals surface area contributed by atoms with Gasteiger partial charge in [0.15, 0.2) is 0 Å². The lowest BCUT2D eigenvalue weighted by Crippen LogP contribution is -2.35. The lowest BCUT2D eigenvalue weighted by Gasteiger charge is -2.31. The number of carbonyl (C=O) groups excluding carboxylic acids is 1. The summed E-state index contributed by atoms with van der Waals surface area (Å²) in [5, 5.41) is 0. The minimum Gasteiger partial charge on any atom is -0.324 e. The molecule has 0 bridgehead atoms. The summed E-state index contributed by atoms with van der Waals surface area (Å²) in [7, 11) is 0. The van der Waals surface area contributed by atoms with Crippen molar-refractivity contribution in [3.8, 4) is 0 Å². The van der Waals surface area contributed by atoms with Crippen molar-refractivity contribution in [3.05, 3.63) is 29.3 Å². The molecule has 84 valence electrons. The van der Waals surface area contributed by atoms with Gasteiger partial charge in [-0.05, 0) is 36.5 Å². The Bertz CT molecular complexity index is 455. The SMILES string of the molecule is CCN1C(=O)CC2CC(N)c3cccc1c32. The smallest absolute Gasteiger partial charge is 0.227 e. The first-order chi connectivity index (χ1) is 7.72. The topological polar surface area (TPSA) is 46.3 Å². The molecule has 1 amide bonds. The number of nitrogens with zero attached hydrogens (tertiary/aromatic N) is 1. The molecule has 1 aliphatic carbocycles. The highest BCUT2D eigenvalue weighted by atomic mass is 16.2. The Kier molecular flexibility index (Phi) is 2.04. The monoisotopic (exact) mass is 216 g/mol. The quantitative estimate of drug-likeness (QED) is 0.779. The zero-order valence-electron chi connectivity index (χ0n) is 9.44. The molecule has 3 heteroatoms. The van der Waals surface area contributed by atoms with Crippen molar-refractivity contribution in [2.75, 3.05) is 11.4 Å². The fourth-order valence-electron chi connectivity index (χ4n) is 3.11. The van der Waals surface area contributed by atoms with Crippen molar-refractivity contribution in [1.82, 2.24) is 0 Å². The number of hydrogen-bond acceptors (Lipinski definition) is 2. The molecule has 1 heterocycles. The van der Waals surface area contributed by atoms with Crippen LogP contribution < -0.4 is 10.6 Å². The average Bonchev–Trinajstić information content (AvgIpc) is 2.58. The molecule has 3 nitrogen and oxygen atoms in total. The van der Waals surface area contributed by atoms with Gasteiger partial charge < -0.3 is 10.6 Å². The van der Waals surface area contributed by atoms with Crippen LogP contribution in [0.1, 0.15) is 42.9 Å². The van der Waals surface area contributed by atoms with Crippen LogP contribution in [-0.4, -0.2) is 12.5 Å². The minimum absolute atomic E-state index is 0.115. The fraction of sp³-hybridized carbons (Fsp3) is 0.462. The summed E-state index contributed by atoms with van der Waals surface area (Å²) < 4.78 is 0. The van der Waals surface area contributed by atoms with Gasteiger partial charge >= 0.3 is 0 Å². The molecule has 1 aliphatic heterocycles. The van der Waals surface area contributed by atoms with E-state index in [1.165, 1.54) is 11.1 Å². The van der Waals surface area contributed by atoms with E-state index in [1.807, 2.05) is 24.0 Å². The fourth-order valence-corrected chi connectivity index (χ4v) is 3.11. The maximum atomic E-state index is 12.0. The van der Waals surface area contributed by atoms with E-state index in [1.54, 1.807) is 0 Å². The van der Waals surface area contributed by atoms with Crippen molar-refractivity contribution >= 4 is 11.6 Å². The van der Waals surface area contributed by atoms with Gasteiger partial charge in [-0.3, -0.25) is 4.79 Å². The first-order valence-electron chi connectivity index (χ1n) is 5.91. The van der Waals surface area contributed by atoms with E-state index in [-0.39, 0.29) is 11.9 Å². The molecular formula is C13H16N2O. The molecule has 0 fully saturated rings. The highest BCUT2D eigenvalue weighted by molar-refractivity contribution is 5.97. The maximum Gasteiger partial charge on any atom is 0.227 e. The molecule has 1 aromatic carbocycles. The molecule has 16 heavy (non-hydrogen) atoms. The van der Waals surface area contributed by atoms with Crippen LogP contribution in [0, 0.1) is 0 Å². The Morgan fingerprint density at radius 2 is 2.31 bits per heavy atom. The number of hydrogen-bond donors (Lipinski definition) is 1. The second-order valence-electron chi connectivity index (χ2n) is 4.66. The third-order valence-electron chi connectivity index (χ3n) is 3.79. The lowest BCUT2D eigenvalue weighted by molar-refractivity contribution is -0.119. The Morgan fingerprint density at radius 3 is 3.06 bits per heavy atom. The van der Waals surface area contributed by atoms with Crippen LogP contribution in [0.15, 0.2) is 18.2 Å². The van der Waals surface area contributed by atoms with Crippen molar-refractivity contribution in [1.29, 1.82) is 0 Å². The summed E-state index contributed by atoms with van der Waals surface area (Å²) >= 11 is 0. The van der Waals surface area contributed by atoms with Gasteiger partial charge in [-0.25, -0.2) is 0 Å². The average molecular weight is 216 g/mol. The molecule has 0 spiro atoms. The number of rotatable bonds is 1. The Labute approximate surface area is 95.2 Å². The first-order valence-corrected chi connectivity index (χ1v) is 5.91. The molecule has 2 atom stereocenters. The van der Waals surface area contributed by atoms with E-state index in [0.29, 0.717) is 12.3 Å². The standard InChI is InChI=1S/C13H16N2O/c1-2-15-11-5-3-4-9-10(14)6-8(13(9)11)7-12(15)16/h3-5,8,10H,2,6-7,14H2,1H3. The first kappa shape index (κ1) is 9.85. The molecule has 3 rings (SSSR count). The van der Waals surface area contributed by atoms with E-state index >= 15 is 0 Å². The lowest BCUT2D eigenvalue weighted by atomic mass is 9.91. The molecule has 0 saturated heterocycles. The van der Waals surface area contributed by atoms with Gasteiger partial charge in [-0.15, -0.1) is 0 Å². The molecule has 0 aromatic heterocycles. The summed E-state index contributed by atoms with van der Waals surface area (Å²) in [4.78, 5) is 13.9. The number of amides is 1. The third-order valence-corrected chi connectivity index (χ3v) is 3.79.